The summed E-state index contributed by atoms with van der Waals surface area (Å²) < 4.78 is 6.58. The number of carboxylic acid groups (broad SMARTS) is 1. The average molecular weight is 308 g/mol. The fourth-order valence-corrected chi connectivity index (χ4v) is 2.35. The highest BCUT2D eigenvalue weighted by molar-refractivity contribution is 6.32. The average Bonchev–Trinajstić information content (AvgIpc) is 2.94. The summed E-state index contributed by atoms with van der Waals surface area (Å²) in [7, 11) is 1.52. The van der Waals surface area contributed by atoms with Crippen molar-refractivity contribution in [1.29, 1.82) is 0 Å². The van der Waals surface area contributed by atoms with Crippen LogP contribution in [-0.4, -0.2) is 38.4 Å². The smallest absolute Gasteiger partial charge is 0.352 e. The van der Waals surface area contributed by atoms with Crippen molar-refractivity contribution >= 4 is 23.5 Å². The van der Waals surface area contributed by atoms with Gasteiger partial charge in [-0.1, -0.05) is 22.8 Å². The fourth-order valence-electron chi connectivity index (χ4n) is 2.08. The number of carboxylic acids is 1. The lowest BCUT2D eigenvalue weighted by atomic mass is 10.0. The van der Waals surface area contributed by atoms with Crippen molar-refractivity contribution in [2.75, 3.05) is 12.4 Å². The van der Waals surface area contributed by atoms with Gasteiger partial charge in [0, 0.05) is 0 Å². The zero-order chi connectivity index (χ0) is 15.0. The first-order valence-corrected chi connectivity index (χ1v) is 6.31. The van der Waals surface area contributed by atoms with Crippen LogP contribution < -0.4 is 10.1 Å². The highest BCUT2D eigenvalue weighted by Crippen LogP contribution is 2.32. The molecule has 0 fully saturated rings. The lowest BCUT2D eigenvalue weighted by Gasteiger charge is -2.21. The molecule has 1 aliphatic heterocycles. The Bertz CT molecular complexity index is 742. The Kier molecular flexibility index (Phi) is 3.22. The lowest BCUT2D eigenvalue weighted by Crippen LogP contribution is -2.24. The highest BCUT2D eigenvalue weighted by atomic mass is 35.5. The van der Waals surface area contributed by atoms with Gasteiger partial charge in [-0.3, -0.25) is 0 Å². The SMILES string of the molecule is COc1ccc([C@H]2C=C(C(=O)O)Nc3nnnn32)cc1Cl. The number of anilines is 1. The van der Waals surface area contributed by atoms with Gasteiger partial charge in [0.25, 0.3) is 0 Å². The number of carbonyl (C=O) groups is 1. The number of rotatable bonds is 3. The number of methoxy groups -OCH3 is 1. The number of fused-ring (bicyclic) bond motifs is 1. The summed E-state index contributed by atoms with van der Waals surface area (Å²) in [5, 5.41) is 23.4. The number of aliphatic carboxylic acids is 1. The molecular weight excluding hydrogens is 298 g/mol. The molecule has 0 saturated heterocycles. The molecule has 0 amide bonds. The van der Waals surface area contributed by atoms with Gasteiger partial charge in [-0.05, 0) is 34.2 Å². The number of benzene rings is 1. The van der Waals surface area contributed by atoms with Gasteiger partial charge in [-0.2, -0.15) is 4.68 Å². The summed E-state index contributed by atoms with van der Waals surface area (Å²) in [6, 6.07) is 4.71. The van der Waals surface area contributed by atoms with Crippen LogP contribution in [0.2, 0.25) is 5.02 Å². The van der Waals surface area contributed by atoms with Gasteiger partial charge in [-0.15, -0.1) is 0 Å². The second kappa shape index (κ2) is 5.06. The second-order valence-corrected chi connectivity index (χ2v) is 4.70. The molecule has 1 aromatic heterocycles. The maximum absolute atomic E-state index is 11.2. The summed E-state index contributed by atoms with van der Waals surface area (Å²) in [5.74, 6) is -0.297. The van der Waals surface area contributed by atoms with E-state index in [1.807, 2.05) is 0 Å². The van der Waals surface area contributed by atoms with Gasteiger partial charge in [0.2, 0.25) is 5.95 Å². The topological polar surface area (TPSA) is 102 Å². The van der Waals surface area contributed by atoms with Gasteiger partial charge in [0.1, 0.15) is 17.5 Å². The first-order chi connectivity index (χ1) is 10.1. The maximum atomic E-state index is 11.2. The zero-order valence-corrected chi connectivity index (χ0v) is 11.6. The second-order valence-electron chi connectivity index (χ2n) is 4.30. The van der Waals surface area contributed by atoms with Crippen LogP contribution in [-0.2, 0) is 4.79 Å². The van der Waals surface area contributed by atoms with Crippen LogP contribution in [0, 0.1) is 0 Å². The van der Waals surface area contributed by atoms with Crippen molar-refractivity contribution in [3.8, 4) is 5.75 Å². The molecule has 2 N–H and O–H groups in total. The minimum atomic E-state index is -1.09. The van der Waals surface area contributed by atoms with Crippen molar-refractivity contribution in [2.24, 2.45) is 0 Å². The molecule has 1 aromatic carbocycles. The van der Waals surface area contributed by atoms with Crippen molar-refractivity contribution in [3.63, 3.8) is 0 Å². The van der Waals surface area contributed by atoms with Crippen LogP contribution >= 0.6 is 11.6 Å². The molecule has 0 aliphatic carbocycles. The minimum Gasteiger partial charge on any atom is -0.495 e. The van der Waals surface area contributed by atoms with E-state index in [-0.39, 0.29) is 11.6 Å². The Labute approximate surface area is 124 Å². The standard InChI is InChI=1S/C12H10ClN5O3/c1-21-10-3-2-6(4-7(10)13)9-5-8(11(19)20)14-12-15-16-17-18(9)12/h2-5,9H,1H3,(H,19,20)(H,14,15,17)/t9-/m1/s1. The van der Waals surface area contributed by atoms with Crippen LogP contribution in [0.1, 0.15) is 11.6 Å². The van der Waals surface area contributed by atoms with Crippen LogP contribution in [0.15, 0.2) is 30.0 Å². The summed E-state index contributed by atoms with van der Waals surface area (Å²) >= 11 is 6.11. The van der Waals surface area contributed by atoms with Crippen LogP contribution in [0.25, 0.3) is 0 Å². The summed E-state index contributed by atoms with van der Waals surface area (Å²) in [4.78, 5) is 11.2. The monoisotopic (exact) mass is 307 g/mol. The molecular formula is C12H10ClN5O3. The van der Waals surface area contributed by atoms with Crippen molar-refractivity contribution < 1.29 is 14.6 Å². The molecule has 21 heavy (non-hydrogen) atoms. The van der Waals surface area contributed by atoms with Gasteiger partial charge in [0.15, 0.2) is 0 Å². The van der Waals surface area contributed by atoms with E-state index in [0.29, 0.717) is 10.8 Å². The molecule has 8 nitrogen and oxygen atoms in total. The molecule has 1 atom stereocenters. The van der Waals surface area contributed by atoms with Gasteiger partial charge >= 0.3 is 5.97 Å². The number of nitrogens with zero attached hydrogens (tertiary/aromatic N) is 4. The Morgan fingerprint density at radius 3 is 3.00 bits per heavy atom. The summed E-state index contributed by atoms with van der Waals surface area (Å²) in [5.41, 5.74) is 0.754. The summed E-state index contributed by atoms with van der Waals surface area (Å²) in [6.07, 6.45) is 1.52. The predicted octanol–water partition coefficient (Wildman–Crippen LogP) is 1.32. The molecule has 1 aliphatic rings. The number of ether oxygens (including phenoxy) is 1. The van der Waals surface area contributed by atoms with Crippen LogP contribution in [0.3, 0.4) is 0 Å². The number of aromatic nitrogens is 4. The van der Waals surface area contributed by atoms with Crippen molar-refractivity contribution in [1.82, 2.24) is 20.2 Å². The Hall–Kier alpha value is -2.61. The Morgan fingerprint density at radius 1 is 1.52 bits per heavy atom. The molecule has 0 saturated carbocycles. The van der Waals surface area contributed by atoms with Gasteiger partial charge in [0.05, 0.1) is 12.1 Å². The summed E-state index contributed by atoms with van der Waals surface area (Å²) in [6.45, 7) is 0. The Morgan fingerprint density at radius 2 is 2.33 bits per heavy atom. The minimum absolute atomic E-state index is 0.00856. The van der Waals surface area contributed by atoms with E-state index < -0.39 is 12.0 Å². The zero-order valence-electron chi connectivity index (χ0n) is 10.8. The molecule has 3 rings (SSSR count). The molecule has 0 spiro atoms. The van der Waals surface area contributed by atoms with E-state index in [9.17, 15) is 4.79 Å². The lowest BCUT2D eigenvalue weighted by molar-refractivity contribution is -0.132. The number of halogens is 1. The van der Waals surface area contributed by atoms with E-state index >= 15 is 0 Å². The Balaban J connectivity index is 2.08. The van der Waals surface area contributed by atoms with Gasteiger partial charge < -0.3 is 15.2 Å². The molecule has 108 valence electrons. The van der Waals surface area contributed by atoms with Crippen LogP contribution in [0.5, 0.6) is 5.75 Å². The molecule has 0 bridgehead atoms. The third-order valence-electron chi connectivity index (χ3n) is 3.08. The highest BCUT2D eigenvalue weighted by Gasteiger charge is 2.26. The van der Waals surface area contributed by atoms with Crippen LogP contribution in [0.4, 0.5) is 5.95 Å². The number of allylic oxidation sites excluding steroid dienone is 1. The van der Waals surface area contributed by atoms with E-state index in [0.717, 1.165) is 5.56 Å². The van der Waals surface area contributed by atoms with E-state index in [1.54, 1.807) is 18.2 Å². The predicted molar refractivity (Wildman–Crippen MR) is 73.3 cm³/mol. The number of hydrogen-bond acceptors (Lipinski definition) is 6. The quantitative estimate of drug-likeness (QED) is 0.881. The molecule has 9 heteroatoms. The largest absolute Gasteiger partial charge is 0.495 e. The number of nitrogens with one attached hydrogen (secondary N) is 1. The van der Waals surface area contributed by atoms with Crippen molar-refractivity contribution in [2.45, 2.75) is 6.04 Å². The molecule has 2 aromatic rings. The van der Waals surface area contributed by atoms with E-state index in [2.05, 4.69) is 20.8 Å². The van der Waals surface area contributed by atoms with Crippen molar-refractivity contribution in [3.05, 3.63) is 40.6 Å². The third-order valence-corrected chi connectivity index (χ3v) is 3.37. The fraction of sp³-hybridized carbons (Fsp3) is 0.167. The number of hydrogen-bond donors (Lipinski definition) is 2. The molecule has 0 unspecified atom stereocenters. The molecule has 0 radical (unpaired) electrons. The maximum Gasteiger partial charge on any atom is 0.352 e. The third kappa shape index (κ3) is 2.29. The number of tetrazole rings is 1. The van der Waals surface area contributed by atoms with E-state index in [1.165, 1.54) is 17.9 Å². The first-order valence-electron chi connectivity index (χ1n) is 5.93. The molecule has 2 heterocycles. The van der Waals surface area contributed by atoms with E-state index in [4.69, 9.17) is 21.4 Å². The normalized spacial score (nSPS) is 16.7. The first kappa shape index (κ1) is 13.4. The van der Waals surface area contributed by atoms with Gasteiger partial charge in [-0.25, -0.2) is 4.79 Å².